The van der Waals surface area contributed by atoms with Crippen LogP contribution in [0, 0.1) is 0 Å². The first kappa shape index (κ1) is 20.7. The number of nitrogens with zero attached hydrogens (tertiary/aromatic N) is 3. The third-order valence-corrected chi connectivity index (χ3v) is 5.46. The molecule has 0 saturated carbocycles. The fraction of sp³-hybridized carbons (Fsp3) is 0.391. The summed E-state index contributed by atoms with van der Waals surface area (Å²) >= 11 is 0. The van der Waals surface area contributed by atoms with Crippen molar-refractivity contribution in [3.63, 3.8) is 0 Å². The van der Waals surface area contributed by atoms with Gasteiger partial charge in [0.05, 0.1) is 13.2 Å². The highest BCUT2D eigenvalue weighted by atomic mass is 16.5. The quantitative estimate of drug-likeness (QED) is 0.704. The number of ether oxygens (including phenoxy) is 1. The zero-order chi connectivity index (χ0) is 21.1. The zero-order valence-corrected chi connectivity index (χ0v) is 17.8. The molecule has 1 atom stereocenters. The highest BCUT2D eigenvalue weighted by Crippen LogP contribution is 2.37. The number of hydrogen-bond acceptors (Lipinski definition) is 5. The van der Waals surface area contributed by atoms with Crippen LogP contribution in [0.15, 0.2) is 48.5 Å². The van der Waals surface area contributed by atoms with Crippen LogP contribution in [0.1, 0.15) is 30.0 Å². The number of esters is 1. The number of benzene rings is 2. The molecule has 0 aromatic heterocycles. The number of hydrogen-bond donors (Lipinski definition) is 0. The van der Waals surface area contributed by atoms with Gasteiger partial charge in [-0.05, 0) is 41.8 Å². The second-order valence-electron chi connectivity index (χ2n) is 7.75. The van der Waals surface area contributed by atoms with Crippen LogP contribution >= 0.6 is 0 Å². The minimum Gasteiger partial charge on any atom is -0.467 e. The van der Waals surface area contributed by atoms with Gasteiger partial charge in [0, 0.05) is 46.0 Å². The molecule has 2 aromatic carbocycles. The van der Waals surface area contributed by atoms with Gasteiger partial charge in [-0.15, -0.1) is 0 Å². The molecule has 1 aliphatic heterocycles. The summed E-state index contributed by atoms with van der Waals surface area (Å²) in [5.41, 5.74) is 4.09. The van der Waals surface area contributed by atoms with Gasteiger partial charge < -0.3 is 19.4 Å². The van der Waals surface area contributed by atoms with Crippen LogP contribution in [0.5, 0.6) is 0 Å². The molecule has 1 saturated heterocycles. The van der Waals surface area contributed by atoms with Gasteiger partial charge in [0.15, 0.2) is 0 Å². The van der Waals surface area contributed by atoms with Crippen molar-refractivity contribution in [2.24, 2.45) is 0 Å². The van der Waals surface area contributed by atoms with E-state index in [9.17, 15) is 9.59 Å². The molecule has 154 valence electrons. The summed E-state index contributed by atoms with van der Waals surface area (Å²) in [5, 5.41) is 0. The number of carbonyl (C=O) groups is 2. The van der Waals surface area contributed by atoms with Crippen LogP contribution in [-0.2, 0) is 14.3 Å². The van der Waals surface area contributed by atoms with Gasteiger partial charge >= 0.3 is 5.97 Å². The Bertz CT molecular complexity index is 808. The van der Waals surface area contributed by atoms with Crippen molar-refractivity contribution in [2.75, 3.05) is 45.1 Å². The van der Waals surface area contributed by atoms with E-state index in [-0.39, 0.29) is 17.9 Å². The van der Waals surface area contributed by atoms with E-state index in [1.54, 1.807) is 4.90 Å². The first-order chi connectivity index (χ1) is 13.8. The fourth-order valence-corrected chi connectivity index (χ4v) is 3.82. The van der Waals surface area contributed by atoms with E-state index in [2.05, 4.69) is 0 Å². The van der Waals surface area contributed by atoms with Gasteiger partial charge in [-0.3, -0.25) is 4.79 Å². The summed E-state index contributed by atoms with van der Waals surface area (Å²) in [6.07, 6.45) is 0.829. The molecular formula is C23H29N3O3. The highest BCUT2D eigenvalue weighted by molar-refractivity contribution is 5.89. The number of anilines is 2. The summed E-state index contributed by atoms with van der Waals surface area (Å²) in [4.78, 5) is 31.0. The van der Waals surface area contributed by atoms with E-state index in [0.29, 0.717) is 12.8 Å². The van der Waals surface area contributed by atoms with Crippen LogP contribution in [0.2, 0.25) is 0 Å². The van der Waals surface area contributed by atoms with E-state index in [0.717, 1.165) is 22.5 Å². The normalized spacial score (nSPS) is 16.3. The molecule has 6 nitrogen and oxygen atoms in total. The fourth-order valence-electron chi connectivity index (χ4n) is 3.82. The third-order valence-electron chi connectivity index (χ3n) is 5.46. The second-order valence-corrected chi connectivity index (χ2v) is 7.75. The Hall–Kier alpha value is -3.02. The monoisotopic (exact) mass is 395 g/mol. The molecule has 1 unspecified atom stereocenters. The average molecular weight is 396 g/mol. The Balaban J connectivity index is 2.07. The van der Waals surface area contributed by atoms with Crippen molar-refractivity contribution in [3.8, 4) is 0 Å². The molecule has 3 rings (SSSR count). The van der Waals surface area contributed by atoms with Gasteiger partial charge in [0.25, 0.3) is 0 Å². The lowest BCUT2D eigenvalue weighted by Crippen LogP contribution is -2.42. The highest BCUT2D eigenvalue weighted by Gasteiger charge is 2.42. The van der Waals surface area contributed by atoms with E-state index in [1.165, 1.54) is 7.11 Å². The van der Waals surface area contributed by atoms with E-state index >= 15 is 0 Å². The number of likely N-dealkylation sites (tertiary alicyclic amines) is 1. The maximum Gasteiger partial charge on any atom is 0.328 e. The molecule has 1 heterocycles. The smallest absolute Gasteiger partial charge is 0.328 e. The number of rotatable bonds is 6. The lowest BCUT2D eigenvalue weighted by molar-refractivity contribution is -0.150. The first-order valence-electron chi connectivity index (χ1n) is 9.77. The van der Waals surface area contributed by atoms with Gasteiger partial charge in [-0.25, -0.2) is 4.79 Å². The Morgan fingerprint density at radius 2 is 1.38 bits per heavy atom. The minimum atomic E-state index is -0.570. The molecule has 1 amide bonds. The van der Waals surface area contributed by atoms with Crippen molar-refractivity contribution in [1.29, 1.82) is 0 Å². The molecule has 6 heteroatoms. The molecule has 1 aliphatic rings. The molecule has 0 aliphatic carbocycles. The van der Waals surface area contributed by atoms with E-state index in [4.69, 9.17) is 4.74 Å². The van der Waals surface area contributed by atoms with Crippen molar-refractivity contribution >= 4 is 23.3 Å². The Morgan fingerprint density at radius 3 is 1.76 bits per heavy atom. The lowest BCUT2D eigenvalue weighted by atomic mass is 9.95. The number of carbonyl (C=O) groups excluding carboxylic acids is 2. The van der Waals surface area contributed by atoms with Gasteiger partial charge in [0.2, 0.25) is 5.91 Å². The summed E-state index contributed by atoms with van der Waals surface area (Å²) in [7, 11) is 9.33. The third kappa shape index (κ3) is 4.21. The van der Waals surface area contributed by atoms with Crippen molar-refractivity contribution < 1.29 is 14.3 Å². The largest absolute Gasteiger partial charge is 0.467 e. The molecule has 2 aromatic rings. The molecule has 0 spiro atoms. The van der Waals surface area contributed by atoms with Crippen LogP contribution in [0.3, 0.4) is 0 Å². The topological polar surface area (TPSA) is 53.1 Å². The molecule has 0 N–H and O–H groups in total. The van der Waals surface area contributed by atoms with Crippen molar-refractivity contribution in [2.45, 2.75) is 24.9 Å². The van der Waals surface area contributed by atoms with Crippen LogP contribution < -0.4 is 9.80 Å². The maximum atomic E-state index is 12.8. The summed E-state index contributed by atoms with van der Waals surface area (Å²) in [6.45, 7) is 0. The van der Waals surface area contributed by atoms with E-state index in [1.807, 2.05) is 86.5 Å². The standard InChI is InChI=1S/C23H29N3O3/c1-24(2)18-10-6-16(7-11-18)22(17-8-12-19(13-9-17)25(3)4)26-20(23(28)29-5)14-15-21(26)27/h6-13,20,22H,14-15H2,1-5H3. The van der Waals surface area contributed by atoms with E-state index < -0.39 is 6.04 Å². The predicted octanol–water partition coefficient (Wildman–Crippen LogP) is 3.07. The molecule has 0 bridgehead atoms. The molecule has 1 fully saturated rings. The molecule has 29 heavy (non-hydrogen) atoms. The average Bonchev–Trinajstić information content (AvgIpc) is 3.09. The Morgan fingerprint density at radius 1 is 0.931 bits per heavy atom. The number of amides is 1. The summed E-state index contributed by atoms with van der Waals surface area (Å²) in [5.74, 6) is -0.394. The maximum absolute atomic E-state index is 12.8. The van der Waals surface area contributed by atoms with Crippen LogP contribution in [0.25, 0.3) is 0 Å². The Kier molecular flexibility index (Phi) is 6.11. The summed E-state index contributed by atoms with van der Waals surface area (Å²) in [6, 6.07) is 15.3. The van der Waals surface area contributed by atoms with Gasteiger partial charge in [0.1, 0.15) is 6.04 Å². The van der Waals surface area contributed by atoms with Gasteiger partial charge in [-0.1, -0.05) is 24.3 Å². The van der Waals surface area contributed by atoms with Gasteiger partial charge in [-0.2, -0.15) is 0 Å². The van der Waals surface area contributed by atoms with Crippen molar-refractivity contribution in [1.82, 2.24) is 4.90 Å². The molecular weight excluding hydrogens is 366 g/mol. The summed E-state index contributed by atoms with van der Waals surface area (Å²) < 4.78 is 4.99. The second kappa shape index (κ2) is 8.55. The predicted molar refractivity (Wildman–Crippen MR) is 115 cm³/mol. The lowest BCUT2D eigenvalue weighted by Gasteiger charge is -2.33. The van der Waals surface area contributed by atoms with Crippen LogP contribution in [-0.4, -0.2) is 58.1 Å². The zero-order valence-electron chi connectivity index (χ0n) is 17.8. The first-order valence-corrected chi connectivity index (χ1v) is 9.77. The van der Waals surface area contributed by atoms with Crippen molar-refractivity contribution in [3.05, 3.63) is 59.7 Å². The van der Waals surface area contributed by atoms with Crippen LogP contribution in [0.4, 0.5) is 11.4 Å². The minimum absolute atomic E-state index is 0.0289. The SMILES string of the molecule is COC(=O)C1CCC(=O)N1C(c1ccc(N(C)C)cc1)c1ccc(N(C)C)cc1. The number of methoxy groups -OCH3 is 1. The molecule has 0 radical (unpaired) electrons. The Labute approximate surface area is 172 Å².